The fourth-order valence-corrected chi connectivity index (χ4v) is 3.14. The van der Waals surface area contributed by atoms with Crippen molar-refractivity contribution in [1.82, 2.24) is 10.3 Å². The predicted molar refractivity (Wildman–Crippen MR) is 76.1 cm³/mol. The Morgan fingerprint density at radius 3 is 2.95 bits per heavy atom. The van der Waals surface area contributed by atoms with E-state index in [1.807, 2.05) is 11.8 Å². The number of thioether (sulfide) groups is 1. The molecule has 1 aromatic rings. The van der Waals surface area contributed by atoms with Gasteiger partial charge in [-0.2, -0.15) is 11.8 Å². The molecule has 1 fully saturated rings. The van der Waals surface area contributed by atoms with Crippen molar-refractivity contribution in [1.29, 1.82) is 0 Å². The fraction of sp³-hybridized carbons (Fsp3) is 0.538. The average Bonchev–Trinajstić information content (AvgIpc) is 2.86. The third-order valence-corrected chi connectivity index (χ3v) is 4.52. The van der Waals surface area contributed by atoms with E-state index in [9.17, 15) is 9.18 Å². The molecule has 19 heavy (non-hydrogen) atoms. The number of nitrogens with zero attached hydrogens (tertiary/aromatic N) is 1. The number of rotatable bonds is 4. The number of hydrogen-bond donors (Lipinski definition) is 2. The molecule has 1 amide bonds. The molecule has 1 saturated carbocycles. The van der Waals surface area contributed by atoms with E-state index in [-0.39, 0.29) is 23.3 Å². The Balaban J connectivity index is 2.04. The Hall–Kier alpha value is -1.30. The Morgan fingerprint density at radius 1 is 1.53 bits per heavy atom. The molecule has 2 atom stereocenters. The van der Waals surface area contributed by atoms with Crippen LogP contribution in [-0.4, -0.2) is 35.5 Å². The molecule has 6 heteroatoms. The number of carbonyl (C=O) groups is 1. The number of anilines is 1. The van der Waals surface area contributed by atoms with Crippen molar-refractivity contribution < 1.29 is 9.18 Å². The zero-order valence-corrected chi connectivity index (χ0v) is 11.9. The van der Waals surface area contributed by atoms with Crippen LogP contribution in [0.2, 0.25) is 0 Å². The van der Waals surface area contributed by atoms with Crippen molar-refractivity contribution in [3.05, 3.63) is 23.6 Å². The minimum Gasteiger partial charge on any atom is -0.371 e. The first kappa shape index (κ1) is 14.1. The smallest absolute Gasteiger partial charge is 0.254 e. The number of halogens is 1. The summed E-state index contributed by atoms with van der Waals surface area (Å²) in [7, 11) is 1.58. The Bertz CT molecular complexity index is 469. The third kappa shape index (κ3) is 3.18. The van der Waals surface area contributed by atoms with Crippen LogP contribution in [-0.2, 0) is 0 Å². The standard InChI is InChI=1S/C13H18FN3OS/c1-15-12-11(14)10(5-6-16-12)13(18)17-8-3-4-9(7-8)19-2/h5-6,8-9H,3-4,7H2,1-2H3,(H,15,16)(H,17,18). The molecule has 0 radical (unpaired) electrons. The van der Waals surface area contributed by atoms with E-state index in [4.69, 9.17) is 0 Å². The van der Waals surface area contributed by atoms with Crippen molar-refractivity contribution in [3.63, 3.8) is 0 Å². The fourth-order valence-electron chi connectivity index (χ4n) is 2.34. The minimum absolute atomic E-state index is 0.0481. The molecular formula is C13H18FN3OS. The predicted octanol–water partition coefficient (Wildman–Crippen LogP) is 2.28. The summed E-state index contributed by atoms with van der Waals surface area (Å²) in [6, 6.07) is 1.56. The number of hydrogen-bond acceptors (Lipinski definition) is 4. The summed E-state index contributed by atoms with van der Waals surface area (Å²) in [5, 5.41) is 6.13. The Kier molecular flexibility index (Phi) is 4.63. The van der Waals surface area contributed by atoms with Gasteiger partial charge in [-0.05, 0) is 31.6 Å². The molecule has 2 N–H and O–H groups in total. The summed E-state index contributed by atoms with van der Waals surface area (Å²) in [5.41, 5.74) is 0.0481. The summed E-state index contributed by atoms with van der Waals surface area (Å²) in [6.07, 6.45) is 6.54. The summed E-state index contributed by atoms with van der Waals surface area (Å²) in [6.45, 7) is 0. The van der Waals surface area contributed by atoms with Crippen molar-refractivity contribution in [2.45, 2.75) is 30.6 Å². The van der Waals surface area contributed by atoms with E-state index in [0.717, 1.165) is 19.3 Å². The highest BCUT2D eigenvalue weighted by Gasteiger charge is 2.26. The van der Waals surface area contributed by atoms with Gasteiger partial charge in [-0.1, -0.05) is 0 Å². The Morgan fingerprint density at radius 2 is 2.32 bits per heavy atom. The summed E-state index contributed by atoms with van der Waals surface area (Å²) < 4.78 is 14.0. The molecule has 0 saturated heterocycles. The van der Waals surface area contributed by atoms with Gasteiger partial charge in [-0.15, -0.1) is 0 Å². The van der Waals surface area contributed by atoms with Crippen LogP contribution in [0.4, 0.5) is 10.2 Å². The molecule has 2 unspecified atom stereocenters. The van der Waals surface area contributed by atoms with Gasteiger partial charge in [0, 0.05) is 24.5 Å². The van der Waals surface area contributed by atoms with E-state index in [1.54, 1.807) is 7.05 Å². The second-order valence-corrected chi connectivity index (χ2v) is 5.75. The van der Waals surface area contributed by atoms with Crippen LogP contribution in [0, 0.1) is 5.82 Å². The second kappa shape index (κ2) is 6.23. The SMILES string of the molecule is CNc1nccc(C(=O)NC2CCC(SC)C2)c1F. The zero-order chi connectivity index (χ0) is 13.8. The number of carbonyl (C=O) groups excluding carboxylic acids is 1. The normalized spacial score (nSPS) is 22.3. The van der Waals surface area contributed by atoms with Crippen molar-refractivity contribution >= 4 is 23.5 Å². The highest BCUT2D eigenvalue weighted by Crippen LogP contribution is 2.28. The van der Waals surface area contributed by atoms with Gasteiger partial charge in [0.1, 0.15) is 0 Å². The van der Waals surface area contributed by atoms with Gasteiger partial charge >= 0.3 is 0 Å². The van der Waals surface area contributed by atoms with Gasteiger partial charge in [-0.3, -0.25) is 4.79 Å². The summed E-state index contributed by atoms with van der Waals surface area (Å²) in [4.78, 5) is 15.9. The summed E-state index contributed by atoms with van der Waals surface area (Å²) in [5.74, 6) is -0.855. The Labute approximate surface area is 116 Å². The molecule has 0 aliphatic heterocycles. The third-order valence-electron chi connectivity index (χ3n) is 3.42. The van der Waals surface area contributed by atoms with Gasteiger partial charge in [-0.25, -0.2) is 9.37 Å². The zero-order valence-electron chi connectivity index (χ0n) is 11.1. The maximum absolute atomic E-state index is 14.0. The van der Waals surface area contributed by atoms with Gasteiger partial charge in [0.25, 0.3) is 5.91 Å². The van der Waals surface area contributed by atoms with Crippen LogP contribution in [0.3, 0.4) is 0 Å². The van der Waals surface area contributed by atoms with Crippen LogP contribution in [0.15, 0.2) is 12.3 Å². The first-order valence-corrected chi connectivity index (χ1v) is 7.60. The monoisotopic (exact) mass is 283 g/mol. The lowest BCUT2D eigenvalue weighted by molar-refractivity contribution is 0.0934. The molecule has 0 bridgehead atoms. The van der Waals surface area contributed by atoms with Gasteiger partial charge in [0.05, 0.1) is 5.56 Å². The van der Waals surface area contributed by atoms with Crippen LogP contribution >= 0.6 is 11.8 Å². The molecule has 104 valence electrons. The second-order valence-electron chi connectivity index (χ2n) is 4.61. The first-order chi connectivity index (χ1) is 9.15. The molecular weight excluding hydrogens is 265 g/mol. The molecule has 1 aliphatic rings. The lowest BCUT2D eigenvalue weighted by Gasteiger charge is -2.13. The van der Waals surface area contributed by atoms with Gasteiger partial charge < -0.3 is 10.6 Å². The van der Waals surface area contributed by atoms with E-state index in [2.05, 4.69) is 21.9 Å². The van der Waals surface area contributed by atoms with Crippen molar-refractivity contribution in [3.8, 4) is 0 Å². The average molecular weight is 283 g/mol. The van der Waals surface area contributed by atoms with Crippen molar-refractivity contribution in [2.75, 3.05) is 18.6 Å². The largest absolute Gasteiger partial charge is 0.371 e. The van der Waals surface area contributed by atoms with Crippen LogP contribution in [0.1, 0.15) is 29.6 Å². The number of nitrogens with one attached hydrogen (secondary N) is 2. The van der Waals surface area contributed by atoms with Crippen LogP contribution < -0.4 is 10.6 Å². The van der Waals surface area contributed by atoms with E-state index >= 15 is 0 Å². The van der Waals surface area contributed by atoms with E-state index in [1.165, 1.54) is 12.3 Å². The number of aromatic nitrogens is 1. The molecule has 0 spiro atoms. The molecule has 1 aliphatic carbocycles. The number of pyridine rings is 1. The summed E-state index contributed by atoms with van der Waals surface area (Å²) >= 11 is 1.82. The first-order valence-electron chi connectivity index (χ1n) is 6.31. The molecule has 1 heterocycles. The maximum atomic E-state index is 14.0. The highest BCUT2D eigenvalue weighted by atomic mass is 32.2. The molecule has 1 aromatic heterocycles. The minimum atomic E-state index is -0.595. The highest BCUT2D eigenvalue weighted by molar-refractivity contribution is 7.99. The van der Waals surface area contributed by atoms with E-state index < -0.39 is 5.82 Å². The topological polar surface area (TPSA) is 54.0 Å². The van der Waals surface area contributed by atoms with Crippen molar-refractivity contribution in [2.24, 2.45) is 0 Å². The lowest BCUT2D eigenvalue weighted by Crippen LogP contribution is -2.33. The lowest BCUT2D eigenvalue weighted by atomic mass is 10.2. The quantitative estimate of drug-likeness (QED) is 0.890. The molecule has 0 aromatic carbocycles. The van der Waals surface area contributed by atoms with Gasteiger partial charge in [0.15, 0.2) is 11.6 Å². The van der Waals surface area contributed by atoms with Crippen LogP contribution in [0.5, 0.6) is 0 Å². The molecule has 2 rings (SSSR count). The number of amides is 1. The molecule has 4 nitrogen and oxygen atoms in total. The van der Waals surface area contributed by atoms with Gasteiger partial charge in [0.2, 0.25) is 0 Å². The van der Waals surface area contributed by atoms with Crippen LogP contribution in [0.25, 0.3) is 0 Å². The maximum Gasteiger partial charge on any atom is 0.254 e. The van der Waals surface area contributed by atoms with E-state index in [0.29, 0.717) is 5.25 Å².